The van der Waals surface area contributed by atoms with Gasteiger partial charge in [0.2, 0.25) is 88.6 Å². The number of guanidine groups is 2. The van der Waals surface area contributed by atoms with Crippen LogP contribution in [0.5, 0.6) is 0 Å². The van der Waals surface area contributed by atoms with Crippen molar-refractivity contribution in [3.8, 4) is 0 Å². The van der Waals surface area contributed by atoms with Gasteiger partial charge in [-0.1, -0.05) is 85.7 Å². The van der Waals surface area contributed by atoms with Crippen molar-refractivity contribution in [3.63, 3.8) is 0 Å². The van der Waals surface area contributed by atoms with Crippen molar-refractivity contribution in [2.75, 3.05) is 44.7 Å². The summed E-state index contributed by atoms with van der Waals surface area (Å²) >= 11 is 1.33. The quantitative estimate of drug-likeness (QED) is 0.0175. The molecule has 1 aliphatic rings. The summed E-state index contributed by atoms with van der Waals surface area (Å²) in [7, 11) is 0. The number of nitrogens with two attached hydrogens (primary N) is 7. The Morgan fingerprint density at radius 1 is 0.438 bits per heavy atom. The summed E-state index contributed by atoms with van der Waals surface area (Å²) in [5, 5.41) is 46.8. The molecule has 13 atom stereocenters. The number of carboxylic acid groups (broad SMARTS) is 1. The monoisotopic (exact) mass is 1720 g/mol. The minimum Gasteiger partial charge on any atom is -0.481 e. The number of imidazole rings is 1. The Morgan fingerprint density at radius 2 is 0.802 bits per heavy atom. The number of hydrogen-bond donors (Lipinski definition) is 23. The minimum atomic E-state index is -1.94. The van der Waals surface area contributed by atoms with Crippen LogP contribution in [0.2, 0.25) is 0 Å². The van der Waals surface area contributed by atoms with Crippen LogP contribution >= 0.6 is 11.8 Å². The number of nitrogens with one attached hydrogen (secondary N) is 15. The molecule has 2 heterocycles. The molecule has 3 rings (SSSR count). The molecular weight excluding hydrogens is 1590 g/mol. The number of H-pyrrole nitrogens is 1. The fraction of sp³-hybridized carbons (Fsp3) is 0.654. The number of aromatic amines is 1. The van der Waals surface area contributed by atoms with Crippen molar-refractivity contribution in [1.29, 1.82) is 0 Å². The van der Waals surface area contributed by atoms with Crippen molar-refractivity contribution in [1.82, 2.24) is 84.4 Å². The van der Waals surface area contributed by atoms with Crippen LogP contribution in [0, 0.1) is 23.7 Å². The van der Waals surface area contributed by atoms with Crippen molar-refractivity contribution in [2.24, 2.45) is 73.8 Å². The molecule has 1 saturated heterocycles. The molecule has 0 saturated carbocycles. The van der Waals surface area contributed by atoms with E-state index >= 15 is 0 Å². The van der Waals surface area contributed by atoms with Gasteiger partial charge in [-0.3, -0.25) is 86.7 Å². The lowest BCUT2D eigenvalue weighted by atomic mass is 9.98. The summed E-state index contributed by atoms with van der Waals surface area (Å²) in [6.07, 6.45) is 2.11. The number of amides is 15. The standard InChI is InChI=1S/C78H131N25O17S/c1-42(2)33-54-70(114)95-50(23-17-30-87-77(82)83)67(111)93-48(21-13-15-28-79)65(109)92-49(22-14-16-29-80)66(110)94-51(24-18-31-88-78(84)85)68(112)101-58(37-47-39-86-41-90-47)75(119)103-63(45(7)8)76(120)102-59(38-60(81)104)74(118)96-52(25-26-62(106)107)69(113)98-55(34-43(3)4)71(115)99-56(35-44(5)6)72(116)100-57(36-46-19-11-10-12-20-46)73(117)97-53(27-32-121-9)64(108)89-40-61(105)91-54/h10-12,19-20,39,41-45,48-59,63H,13-18,21-38,40,79-80H2,1-9H3,(H2,81,104)(H,86,90)(H,89,108)(H,91,105)(H,92,109)(H,93,111)(H,94,110)(H,95,114)(H,96,118)(H,97,117)(H,98,113)(H,99,115)(H,100,116)(H,101,112)(H,102,120)(H,103,119)(H,106,107)(H4,82,83,87)(H4,84,85,88)/t48-,49-,50-,51-,52-,53-,54-,55-,56-,57-,58-,59-,63-/m0/s1. The van der Waals surface area contributed by atoms with Crippen LogP contribution in [-0.2, 0) is 89.6 Å². The second-order valence-electron chi connectivity index (χ2n) is 31.5. The van der Waals surface area contributed by atoms with Gasteiger partial charge in [-0.15, -0.1) is 0 Å². The molecule has 2 aromatic rings. The van der Waals surface area contributed by atoms with Crippen LogP contribution in [0.25, 0.3) is 0 Å². The summed E-state index contributed by atoms with van der Waals surface area (Å²) in [6.45, 7) is 12.9. The van der Waals surface area contributed by atoms with E-state index in [9.17, 15) is 81.8 Å². The predicted octanol–water partition coefficient (Wildman–Crippen LogP) is -4.72. The van der Waals surface area contributed by atoms with Gasteiger partial charge in [0.05, 0.1) is 19.3 Å². The number of carbonyl (C=O) groups is 16. The Kier molecular flexibility index (Phi) is 47.7. The lowest BCUT2D eigenvalue weighted by molar-refractivity contribution is -0.139. The van der Waals surface area contributed by atoms with Gasteiger partial charge in [-0.05, 0) is 151 Å². The SMILES string of the molecule is CSCC[C@@H]1NC(=O)[C@H](Cc2ccccc2)NC(=O)[C@H](CC(C)C)NC(=O)[C@H](CC(C)C)NC(=O)[C@H](CCC(=O)O)NC(=O)[C@H](CC(N)=O)NC(=O)[C@H](C(C)C)NC(=O)[C@H](Cc2cnc[nH]2)NC(=O)[C@H](CCCN=C(N)N)NC(=O)[C@H](CCCCN)NC(=O)[C@H](CCCCN)NC(=O)[C@H](CCCN=C(N)N)NC(=O)[C@H](CC(C)C)NC(=O)CNC1=O. The number of nitrogens with zero attached hydrogens (tertiary/aromatic N) is 3. The topological polar surface area (TPSA) is 697 Å². The number of carbonyl (C=O) groups excluding carboxylic acids is 15. The summed E-state index contributed by atoms with van der Waals surface area (Å²) < 4.78 is 0. The van der Waals surface area contributed by atoms with Crippen molar-refractivity contribution in [2.45, 2.75) is 256 Å². The van der Waals surface area contributed by atoms with E-state index in [1.807, 2.05) is 0 Å². The molecule has 121 heavy (non-hydrogen) atoms. The van der Waals surface area contributed by atoms with Crippen LogP contribution in [0.4, 0.5) is 0 Å². The van der Waals surface area contributed by atoms with Gasteiger partial charge in [0.15, 0.2) is 11.9 Å². The molecule has 1 aromatic carbocycles. The second kappa shape index (κ2) is 55.6. The van der Waals surface area contributed by atoms with E-state index in [1.165, 1.54) is 38.1 Å². The van der Waals surface area contributed by atoms with Crippen LogP contribution in [0.15, 0.2) is 52.8 Å². The molecule has 1 aromatic heterocycles. The van der Waals surface area contributed by atoms with E-state index in [4.69, 9.17) is 40.1 Å². The first-order valence-corrected chi connectivity index (χ1v) is 42.4. The van der Waals surface area contributed by atoms with Gasteiger partial charge in [0.25, 0.3) is 0 Å². The van der Waals surface area contributed by atoms with Gasteiger partial charge in [0.1, 0.15) is 78.5 Å². The number of hydrogen-bond acceptors (Lipinski definition) is 22. The van der Waals surface area contributed by atoms with E-state index in [-0.39, 0.29) is 151 Å². The number of aliphatic imine (C=N–C) groups is 2. The van der Waals surface area contributed by atoms with Crippen LogP contribution in [-0.4, -0.2) is 245 Å². The van der Waals surface area contributed by atoms with E-state index in [1.54, 1.807) is 78.1 Å². The zero-order chi connectivity index (χ0) is 90.4. The van der Waals surface area contributed by atoms with Crippen LogP contribution in [0.1, 0.15) is 176 Å². The Bertz CT molecular complexity index is 3770. The smallest absolute Gasteiger partial charge is 0.303 e. The first kappa shape index (κ1) is 104. The zero-order valence-electron chi connectivity index (χ0n) is 70.8. The number of aliphatic carboxylic acids is 1. The fourth-order valence-electron chi connectivity index (χ4n) is 12.8. The molecule has 0 aliphatic carbocycles. The average molecular weight is 1720 g/mol. The molecule has 676 valence electrons. The van der Waals surface area contributed by atoms with Gasteiger partial charge in [0, 0.05) is 44.2 Å². The molecule has 30 N–H and O–H groups in total. The first-order valence-electron chi connectivity index (χ1n) is 41.0. The lowest BCUT2D eigenvalue weighted by Gasteiger charge is -2.29. The Labute approximate surface area is 709 Å². The number of unbranched alkanes of at least 4 members (excludes halogenated alkanes) is 2. The lowest BCUT2D eigenvalue weighted by Crippen LogP contribution is -2.62. The molecular formula is C78H131N25O17S. The molecule has 43 heteroatoms. The first-order chi connectivity index (χ1) is 57.2. The van der Waals surface area contributed by atoms with E-state index in [0.717, 1.165) is 0 Å². The highest BCUT2D eigenvalue weighted by molar-refractivity contribution is 7.98. The number of benzene rings is 1. The Balaban J connectivity index is 2.39. The molecule has 1 aliphatic heterocycles. The summed E-state index contributed by atoms with van der Waals surface area (Å²) in [5.74, 6) is -18.1. The summed E-state index contributed by atoms with van der Waals surface area (Å²) in [5.41, 5.74) is 40.9. The van der Waals surface area contributed by atoms with Crippen molar-refractivity contribution in [3.05, 3.63) is 54.1 Å². The highest BCUT2D eigenvalue weighted by atomic mass is 32.2. The minimum absolute atomic E-state index is 0.00319. The summed E-state index contributed by atoms with van der Waals surface area (Å²) in [4.78, 5) is 245. The highest BCUT2D eigenvalue weighted by Gasteiger charge is 2.40. The van der Waals surface area contributed by atoms with Crippen molar-refractivity contribution >= 4 is 118 Å². The Hall–Kier alpha value is -11.2. The number of aromatic nitrogens is 2. The molecule has 0 spiro atoms. The Morgan fingerprint density at radius 3 is 1.19 bits per heavy atom. The summed E-state index contributed by atoms with van der Waals surface area (Å²) in [6, 6.07) is -11.5. The highest BCUT2D eigenvalue weighted by Crippen LogP contribution is 2.17. The third-order valence-electron chi connectivity index (χ3n) is 19.1. The van der Waals surface area contributed by atoms with Gasteiger partial charge in [-0.25, -0.2) is 4.98 Å². The van der Waals surface area contributed by atoms with Gasteiger partial charge >= 0.3 is 5.97 Å². The molecule has 0 unspecified atom stereocenters. The number of thioether (sulfide) groups is 1. The number of rotatable bonds is 35. The third-order valence-corrected chi connectivity index (χ3v) is 19.8. The third kappa shape index (κ3) is 41.1. The molecule has 0 radical (unpaired) electrons. The maximum Gasteiger partial charge on any atom is 0.303 e. The fourth-order valence-corrected chi connectivity index (χ4v) is 13.3. The largest absolute Gasteiger partial charge is 0.481 e. The van der Waals surface area contributed by atoms with E-state index in [0.29, 0.717) is 24.2 Å². The van der Waals surface area contributed by atoms with Gasteiger partial charge < -0.3 is 125 Å². The van der Waals surface area contributed by atoms with Crippen LogP contribution < -0.4 is 115 Å². The normalized spacial score (nSPS) is 23.4. The molecule has 0 bridgehead atoms. The average Bonchev–Trinajstić information content (AvgIpc) is 0.961. The predicted molar refractivity (Wildman–Crippen MR) is 453 cm³/mol. The van der Waals surface area contributed by atoms with E-state index in [2.05, 4.69) is 94.4 Å². The maximum atomic E-state index is 14.9. The van der Waals surface area contributed by atoms with E-state index < -0.39 is 205 Å². The van der Waals surface area contributed by atoms with Crippen molar-refractivity contribution < 1.29 is 81.8 Å². The maximum absolute atomic E-state index is 14.9. The molecule has 15 amide bonds. The molecule has 1 fully saturated rings. The van der Waals surface area contributed by atoms with Crippen LogP contribution in [0.3, 0.4) is 0 Å². The number of primary amides is 1. The van der Waals surface area contributed by atoms with Gasteiger partial charge in [-0.2, -0.15) is 11.8 Å². The molecule has 42 nitrogen and oxygen atoms in total. The zero-order valence-corrected chi connectivity index (χ0v) is 71.6. The number of carboxylic acids is 1. The second-order valence-corrected chi connectivity index (χ2v) is 32.4.